The predicted molar refractivity (Wildman–Crippen MR) is 94.2 cm³/mol. The summed E-state index contributed by atoms with van der Waals surface area (Å²) in [6.07, 6.45) is 3.80. The van der Waals surface area contributed by atoms with Gasteiger partial charge in [0.25, 0.3) is 5.91 Å². The molecule has 1 aliphatic rings. The zero-order chi connectivity index (χ0) is 17.2. The van der Waals surface area contributed by atoms with E-state index in [9.17, 15) is 4.79 Å². The zero-order valence-corrected chi connectivity index (χ0v) is 14.6. The Morgan fingerprint density at radius 1 is 1.43 bits per heavy atom. The van der Waals surface area contributed by atoms with Gasteiger partial charge in [0.15, 0.2) is 0 Å². The Morgan fingerprint density at radius 3 is 2.70 bits per heavy atom. The molecule has 0 radical (unpaired) electrons. The molecular formula is C18H27N3O2. The lowest BCUT2D eigenvalue weighted by atomic mass is 9.86. The number of rotatable bonds is 5. The Kier molecular flexibility index (Phi) is 5.00. The molecule has 1 aliphatic heterocycles. The number of carbonyl (C=O) groups excluding carboxylic acids is 1. The number of ether oxygens (including phenoxy) is 1. The lowest BCUT2D eigenvalue weighted by Gasteiger charge is -2.47. The van der Waals surface area contributed by atoms with E-state index in [1.54, 1.807) is 7.11 Å². The van der Waals surface area contributed by atoms with E-state index in [0.717, 1.165) is 29.8 Å². The summed E-state index contributed by atoms with van der Waals surface area (Å²) in [4.78, 5) is 14.6. The van der Waals surface area contributed by atoms with Crippen molar-refractivity contribution in [1.82, 2.24) is 5.43 Å². The maximum absolute atomic E-state index is 12.4. The molecule has 0 bridgehead atoms. The summed E-state index contributed by atoms with van der Waals surface area (Å²) in [5.41, 5.74) is 5.24. The molecule has 1 aromatic rings. The largest absolute Gasteiger partial charge is 0.495 e. The first-order valence-corrected chi connectivity index (χ1v) is 8.04. The van der Waals surface area contributed by atoms with Gasteiger partial charge in [0.2, 0.25) is 0 Å². The first-order chi connectivity index (χ1) is 10.9. The molecule has 0 unspecified atom stereocenters. The van der Waals surface area contributed by atoms with Gasteiger partial charge in [0.05, 0.1) is 18.3 Å². The highest BCUT2D eigenvalue weighted by Gasteiger charge is 2.40. The van der Waals surface area contributed by atoms with Crippen LogP contribution in [0.25, 0.3) is 5.57 Å². The van der Waals surface area contributed by atoms with Crippen LogP contribution in [0.15, 0.2) is 24.3 Å². The molecule has 0 saturated carbocycles. The normalized spacial score (nSPS) is 17.1. The number of hydrogen-bond acceptors (Lipinski definition) is 4. The van der Waals surface area contributed by atoms with Crippen LogP contribution < -0.4 is 20.9 Å². The van der Waals surface area contributed by atoms with Crippen molar-refractivity contribution in [2.45, 2.75) is 52.1 Å². The predicted octanol–water partition coefficient (Wildman–Crippen LogP) is 2.86. The molecule has 2 rings (SSSR count). The number of nitrogens with two attached hydrogens (primary N) is 1. The molecule has 1 heterocycles. The highest BCUT2D eigenvalue weighted by atomic mass is 16.5. The molecule has 5 heteroatoms. The van der Waals surface area contributed by atoms with Gasteiger partial charge in [-0.25, -0.2) is 5.84 Å². The smallest absolute Gasteiger partial charge is 0.256 e. The maximum Gasteiger partial charge on any atom is 0.256 e. The monoisotopic (exact) mass is 317 g/mol. The Labute approximate surface area is 138 Å². The molecule has 0 spiro atoms. The Bertz CT molecular complexity index is 623. The average Bonchev–Trinajstić information content (AvgIpc) is 2.52. The number of para-hydroxylation sites is 1. The molecule has 1 atom stereocenters. The third-order valence-electron chi connectivity index (χ3n) is 4.39. The molecule has 0 saturated heterocycles. The molecule has 0 aliphatic carbocycles. The van der Waals surface area contributed by atoms with Gasteiger partial charge in [0, 0.05) is 5.56 Å². The van der Waals surface area contributed by atoms with Gasteiger partial charge in [-0.15, -0.1) is 0 Å². The van der Waals surface area contributed by atoms with Crippen LogP contribution in [0.1, 0.15) is 46.1 Å². The molecule has 126 valence electrons. The number of fused-ring (bicyclic) bond motifs is 1. The van der Waals surface area contributed by atoms with E-state index < -0.39 is 0 Å². The number of hydrogen-bond donors (Lipinski definition) is 2. The van der Waals surface area contributed by atoms with Crippen LogP contribution in [-0.4, -0.2) is 24.6 Å². The number of carbonyl (C=O) groups is 1. The Morgan fingerprint density at radius 2 is 2.13 bits per heavy atom. The summed E-state index contributed by atoms with van der Waals surface area (Å²) in [7, 11) is 1.66. The second-order valence-electron chi connectivity index (χ2n) is 6.52. The minimum atomic E-state index is -0.348. The van der Waals surface area contributed by atoms with Gasteiger partial charge in [-0.2, -0.15) is 0 Å². The van der Waals surface area contributed by atoms with E-state index in [1.165, 1.54) is 5.57 Å². The van der Waals surface area contributed by atoms with Gasteiger partial charge in [-0.3, -0.25) is 10.2 Å². The third-order valence-corrected chi connectivity index (χ3v) is 4.39. The lowest BCUT2D eigenvalue weighted by molar-refractivity contribution is -0.122. The molecule has 0 fully saturated rings. The number of amides is 1. The molecule has 3 N–H and O–H groups in total. The van der Waals surface area contributed by atoms with Crippen molar-refractivity contribution in [3.63, 3.8) is 0 Å². The van der Waals surface area contributed by atoms with Crippen molar-refractivity contribution in [1.29, 1.82) is 0 Å². The molecule has 0 aromatic heterocycles. The van der Waals surface area contributed by atoms with Crippen molar-refractivity contribution in [3.05, 3.63) is 29.8 Å². The SMILES string of the molecule is CCC[C@@H](C(=O)NN)N1c2c(OC)cccc2C(C)=CC1(C)C. The molecule has 23 heavy (non-hydrogen) atoms. The number of anilines is 1. The van der Waals surface area contributed by atoms with Crippen molar-refractivity contribution < 1.29 is 9.53 Å². The topological polar surface area (TPSA) is 67.6 Å². The van der Waals surface area contributed by atoms with Crippen molar-refractivity contribution in [3.8, 4) is 5.75 Å². The maximum atomic E-state index is 12.4. The number of allylic oxidation sites excluding steroid dienone is 1. The fourth-order valence-corrected chi connectivity index (χ4v) is 3.52. The van der Waals surface area contributed by atoms with Crippen molar-refractivity contribution in [2.75, 3.05) is 12.0 Å². The first-order valence-electron chi connectivity index (χ1n) is 8.04. The summed E-state index contributed by atoms with van der Waals surface area (Å²) in [5, 5.41) is 0. The first kappa shape index (κ1) is 17.3. The number of nitrogens with zero attached hydrogens (tertiary/aromatic N) is 1. The molecular weight excluding hydrogens is 290 g/mol. The average molecular weight is 317 g/mol. The van der Waals surface area contributed by atoms with E-state index in [1.807, 2.05) is 12.1 Å². The van der Waals surface area contributed by atoms with Crippen LogP contribution in [0.4, 0.5) is 5.69 Å². The standard InChI is InChI=1S/C18H27N3O2/c1-6-8-14(17(22)20-19)21-16-13(9-7-10-15(16)23-5)12(2)11-18(21,3)4/h7,9-11,14H,6,8,19H2,1-5H3,(H,20,22)/t14-/m0/s1. The van der Waals surface area contributed by atoms with Crippen LogP contribution in [0, 0.1) is 0 Å². The van der Waals surface area contributed by atoms with Crippen LogP contribution in [0.3, 0.4) is 0 Å². The van der Waals surface area contributed by atoms with E-state index in [2.05, 4.69) is 50.2 Å². The number of benzene rings is 1. The van der Waals surface area contributed by atoms with E-state index in [4.69, 9.17) is 10.6 Å². The quantitative estimate of drug-likeness (QED) is 0.498. The highest BCUT2D eigenvalue weighted by molar-refractivity contribution is 5.91. The van der Waals surface area contributed by atoms with Crippen LogP contribution >= 0.6 is 0 Å². The van der Waals surface area contributed by atoms with Gasteiger partial charge in [-0.05, 0) is 38.8 Å². The van der Waals surface area contributed by atoms with Crippen molar-refractivity contribution >= 4 is 17.2 Å². The Hall–Kier alpha value is -2.01. The van der Waals surface area contributed by atoms with Crippen molar-refractivity contribution in [2.24, 2.45) is 5.84 Å². The van der Waals surface area contributed by atoms with Gasteiger partial charge in [0.1, 0.15) is 11.8 Å². The summed E-state index contributed by atoms with van der Waals surface area (Å²) in [5.74, 6) is 6.04. The third kappa shape index (κ3) is 3.06. The lowest BCUT2D eigenvalue weighted by Crippen LogP contribution is -2.57. The van der Waals surface area contributed by atoms with Gasteiger partial charge in [-0.1, -0.05) is 31.6 Å². The van der Waals surface area contributed by atoms with Gasteiger partial charge < -0.3 is 9.64 Å². The van der Waals surface area contributed by atoms with E-state index in [0.29, 0.717) is 0 Å². The number of nitrogens with one attached hydrogen (secondary N) is 1. The van der Waals surface area contributed by atoms with Crippen LogP contribution in [-0.2, 0) is 4.79 Å². The second-order valence-corrected chi connectivity index (χ2v) is 6.52. The summed E-state index contributed by atoms with van der Waals surface area (Å²) in [6.45, 7) is 8.38. The van der Waals surface area contributed by atoms with E-state index >= 15 is 0 Å². The number of hydrazine groups is 1. The van der Waals surface area contributed by atoms with Crippen LogP contribution in [0.5, 0.6) is 5.75 Å². The van der Waals surface area contributed by atoms with Crippen LogP contribution in [0.2, 0.25) is 0 Å². The van der Waals surface area contributed by atoms with Gasteiger partial charge >= 0.3 is 0 Å². The van der Waals surface area contributed by atoms with E-state index in [-0.39, 0.29) is 17.5 Å². The summed E-state index contributed by atoms with van der Waals surface area (Å²) < 4.78 is 5.59. The highest BCUT2D eigenvalue weighted by Crippen LogP contribution is 2.45. The summed E-state index contributed by atoms with van der Waals surface area (Å²) in [6, 6.07) is 5.63. The molecule has 1 aromatic carbocycles. The second kappa shape index (κ2) is 6.62. The number of methoxy groups -OCH3 is 1. The summed E-state index contributed by atoms with van der Waals surface area (Å²) >= 11 is 0. The Balaban J connectivity index is 2.68. The fourth-order valence-electron chi connectivity index (χ4n) is 3.52. The minimum Gasteiger partial charge on any atom is -0.495 e. The fraction of sp³-hybridized carbons (Fsp3) is 0.500. The zero-order valence-electron chi connectivity index (χ0n) is 14.6. The molecule has 5 nitrogen and oxygen atoms in total. The molecule has 1 amide bonds. The minimum absolute atomic E-state index is 0.176.